The third kappa shape index (κ3) is 1.78. The SMILES string of the molecule is CC(=C1CC1(C)c1ccccc1)c1ccccc1. The fourth-order valence-corrected chi connectivity index (χ4v) is 2.80. The zero-order valence-electron chi connectivity index (χ0n) is 11.0. The lowest BCUT2D eigenvalue weighted by atomic mass is 9.95. The van der Waals surface area contributed by atoms with E-state index in [1.807, 2.05) is 0 Å². The van der Waals surface area contributed by atoms with Crippen LogP contribution in [0.2, 0.25) is 0 Å². The van der Waals surface area contributed by atoms with E-state index in [1.54, 1.807) is 5.57 Å². The van der Waals surface area contributed by atoms with Crippen LogP contribution in [0.5, 0.6) is 0 Å². The molecule has 1 fully saturated rings. The minimum Gasteiger partial charge on any atom is -0.0622 e. The van der Waals surface area contributed by atoms with Crippen LogP contribution in [0, 0.1) is 0 Å². The van der Waals surface area contributed by atoms with Crippen molar-refractivity contribution in [3.05, 3.63) is 77.4 Å². The van der Waals surface area contributed by atoms with Crippen molar-refractivity contribution in [3.63, 3.8) is 0 Å². The Bertz CT molecular complexity index is 578. The monoisotopic (exact) mass is 234 g/mol. The van der Waals surface area contributed by atoms with Gasteiger partial charge in [-0.05, 0) is 30.0 Å². The highest BCUT2D eigenvalue weighted by Crippen LogP contribution is 2.56. The molecule has 2 aromatic rings. The summed E-state index contributed by atoms with van der Waals surface area (Å²) < 4.78 is 0. The van der Waals surface area contributed by atoms with Gasteiger partial charge < -0.3 is 0 Å². The van der Waals surface area contributed by atoms with Crippen LogP contribution in [0.4, 0.5) is 0 Å². The molecular formula is C18H18. The van der Waals surface area contributed by atoms with E-state index < -0.39 is 0 Å². The van der Waals surface area contributed by atoms with Crippen LogP contribution in [0.15, 0.2) is 66.2 Å². The average Bonchev–Trinajstić information content (AvgIpc) is 3.14. The van der Waals surface area contributed by atoms with E-state index in [2.05, 4.69) is 74.5 Å². The second-order valence-electron chi connectivity index (χ2n) is 5.34. The highest BCUT2D eigenvalue weighted by molar-refractivity contribution is 5.75. The summed E-state index contributed by atoms with van der Waals surface area (Å²) in [4.78, 5) is 0. The summed E-state index contributed by atoms with van der Waals surface area (Å²) in [5, 5.41) is 0. The maximum absolute atomic E-state index is 2.35. The summed E-state index contributed by atoms with van der Waals surface area (Å²) >= 11 is 0. The second kappa shape index (κ2) is 4.13. The Kier molecular flexibility index (Phi) is 2.59. The van der Waals surface area contributed by atoms with Crippen molar-refractivity contribution in [1.29, 1.82) is 0 Å². The maximum Gasteiger partial charge on any atom is 0.0177 e. The third-order valence-electron chi connectivity index (χ3n) is 4.14. The van der Waals surface area contributed by atoms with Crippen LogP contribution in [-0.4, -0.2) is 0 Å². The summed E-state index contributed by atoms with van der Waals surface area (Å²) in [7, 11) is 0. The van der Waals surface area contributed by atoms with Crippen LogP contribution < -0.4 is 0 Å². The quantitative estimate of drug-likeness (QED) is 0.698. The first kappa shape index (κ1) is 11.3. The van der Waals surface area contributed by atoms with Gasteiger partial charge in [-0.1, -0.05) is 73.2 Å². The lowest BCUT2D eigenvalue weighted by Crippen LogP contribution is -2.00. The topological polar surface area (TPSA) is 0 Å². The molecule has 0 saturated heterocycles. The molecule has 0 aliphatic heterocycles. The first-order valence-corrected chi connectivity index (χ1v) is 6.53. The highest BCUT2D eigenvalue weighted by Gasteiger charge is 2.46. The van der Waals surface area contributed by atoms with Crippen molar-refractivity contribution in [2.75, 3.05) is 0 Å². The largest absolute Gasteiger partial charge is 0.0622 e. The Hall–Kier alpha value is -1.82. The molecule has 2 aromatic carbocycles. The van der Waals surface area contributed by atoms with Crippen molar-refractivity contribution < 1.29 is 0 Å². The number of benzene rings is 2. The number of allylic oxidation sites excluding steroid dienone is 2. The molecule has 0 nitrogen and oxygen atoms in total. The Morgan fingerprint density at radius 2 is 1.44 bits per heavy atom. The van der Waals surface area contributed by atoms with E-state index in [0.717, 1.165) is 0 Å². The molecule has 0 radical (unpaired) electrons. The molecule has 1 aliphatic rings. The van der Waals surface area contributed by atoms with Crippen LogP contribution in [0.3, 0.4) is 0 Å². The molecular weight excluding hydrogens is 216 g/mol. The van der Waals surface area contributed by atoms with E-state index in [4.69, 9.17) is 0 Å². The Morgan fingerprint density at radius 1 is 0.889 bits per heavy atom. The first-order valence-electron chi connectivity index (χ1n) is 6.53. The number of hydrogen-bond donors (Lipinski definition) is 0. The highest BCUT2D eigenvalue weighted by atomic mass is 14.5. The van der Waals surface area contributed by atoms with Crippen molar-refractivity contribution in [1.82, 2.24) is 0 Å². The van der Waals surface area contributed by atoms with E-state index in [1.165, 1.54) is 23.1 Å². The van der Waals surface area contributed by atoms with E-state index in [0.29, 0.717) is 0 Å². The molecule has 1 saturated carbocycles. The minimum absolute atomic E-state index is 0.265. The lowest BCUT2D eigenvalue weighted by molar-refractivity contribution is 0.821. The van der Waals surface area contributed by atoms with Crippen molar-refractivity contribution in [2.24, 2.45) is 0 Å². The molecule has 0 N–H and O–H groups in total. The predicted octanol–water partition coefficient (Wildman–Crippen LogP) is 4.82. The van der Waals surface area contributed by atoms with Gasteiger partial charge in [0, 0.05) is 5.41 Å². The third-order valence-corrected chi connectivity index (χ3v) is 4.14. The van der Waals surface area contributed by atoms with Gasteiger partial charge in [-0.15, -0.1) is 0 Å². The maximum atomic E-state index is 2.35. The lowest BCUT2D eigenvalue weighted by Gasteiger charge is -2.09. The van der Waals surface area contributed by atoms with Gasteiger partial charge in [0.2, 0.25) is 0 Å². The van der Waals surface area contributed by atoms with Crippen LogP contribution >= 0.6 is 0 Å². The van der Waals surface area contributed by atoms with Gasteiger partial charge in [0.15, 0.2) is 0 Å². The van der Waals surface area contributed by atoms with Gasteiger partial charge in [0.25, 0.3) is 0 Å². The molecule has 0 aromatic heterocycles. The van der Waals surface area contributed by atoms with Gasteiger partial charge in [-0.3, -0.25) is 0 Å². The number of hydrogen-bond acceptors (Lipinski definition) is 0. The summed E-state index contributed by atoms with van der Waals surface area (Å²) in [6.07, 6.45) is 1.19. The molecule has 1 atom stereocenters. The predicted molar refractivity (Wildman–Crippen MR) is 77.4 cm³/mol. The molecule has 18 heavy (non-hydrogen) atoms. The van der Waals surface area contributed by atoms with E-state index >= 15 is 0 Å². The van der Waals surface area contributed by atoms with Gasteiger partial charge >= 0.3 is 0 Å². The van der Waals surface area contributed by atoms with Crippen LogP contribution in [0.25, 0.3) is 5.57 Å². The van der Waals surface area contributed by atoms with E-state index in [9.17, 15) is 0 Å². The molecule has 1 aliphatic carbocycles. The van der Waals surface area contributed by atoms with Gasteiger partial charge in [-0.2, -0.15) is 0 Å². The van der Waals surface area contributed by atoms with Crippen LogP contribution in [-0.2, 0) is 5.41 Å². The van der Waals surface area contributed by atoms with Crippen molar-refractivity contribution in [2.45, 2.75) is 25.7 Å². The first-order chi connectivity index (χ1) is 8.72. The van der Waals surface area contributed by atoms with Crippen molar-refractivity contribution in [3.8, 4) is 0 Å². The minimum atomic E-state index is 0.265. The Morgan fingerprint density at radius 3 is 2.06 bits per heavy atom. The zero-order chi connectivity index (χ0) is 12.6. The Balaban J connectivity index is 1.98. The summed E-state index contributed by atoms with van der Waals surface area (Å²) in [5.41, 5.74) is 6.09. The standard InChI is InChI=1S/C18H18/c1-14(15-9-5-3-6-10-15)17-13-18(17,2)16-11-7-4-8-12-16/h3-12H,13H2,1-2H3. The molecule has 1 unspecified atom stereocenters. The smallest absolute Gasteiger partial charge is 0.0177 e. The molecule has 3 rings (SSSR count). The molecule has 0 heteroatoms. The van der Waals surface area contributed by atoms with E-state index in [-0.39, 0.29) is 5.41 Å². The fourth-order valence-electron chi connectivity index (χ4n) is 2.80. The average molecular weight is 234 g/mol. The summed E-state index contributed by atoms with van der Waals surface area (Å²) in [6.45, 7) is 4.60. The zero-order valence-corrected chi connectivity index (χ0v) is 11.0. The van der Waals surface area contributed by atoms with Crippen molar-refractivity contribution >= 4 is 5.57 Å². The van der Waals surface area contributed by atoms with Crippen LogP contribution in [0.1, 0.15) is 31.4 Å². The Labute approximate surface area is 109 Å². The molecule has 0 heterocycles. The van der Waals surface area contributed by atoms with Gasteiger partial charge in [0.1, 0.15) is 0 Å². The number of rotatable bonds is 2. The normalized spacial score (nSPS) is 24.8. The summed E-state index contributed by atoms with van der Waals surface area (Å²) in [6, 6.07) is 21.5. The second-order valence-corrected chi connectivity index (χ2v) is 5.34. The van der Waals surface area contributed by atoms with Gasteiger partial charge in [0.05, 0.1) is 0 Å². The molecule has 0 spiro atoms. The molecule has 0 amide bonds. The van der Waals surface area contributed by atoms with Gasteiger partial charge in [-0.25, -0.2) is 0 Å². The molecule has 90 valence electrons. The fraction of sp³-hybridized carbons (Fsp3) is 0.222. The molecule has 0 bridgehead atoms. The summed E-state index contributed by atoms with van der Waals surface area (Å²) in [5.74, 6) is 0.